The molecule has 1 heterocycles. The zero-order valence-electron chi connectivity index (χ0n) is 20.8. The summed E-state index contributed by atoms with van der Waals surface area (Å²) in [6.07, 6.45) is 1.79. The summed E-state index contributed by atoms with van der Waals surface area (Å²) in [5.41, 5.74) is -3.20. The Balaban J connectivity index is 1.76. The molecule has 1 unspecified atom stereocenters. The minimum absolute atomic E-state index is 0.00523. The van der Waals surface area contributed by atoms with Gasteiger partial charge in [-0.2, -0.15) is 13.2 Å². The number of urea groups is 1. The third-order valence-corrected chi connectivity index (χ3v) is 6.68. The molecule has 0 bridgehead atoms. The fraction of sp³-hybridized carbons (Fsp3) is 0.320. The average molecular weight is 615 g/mol. The Morgan fingerprint density at radius 2 is 1.79 bits per heavy atom. The molecule has 2 aromatic carbocycles. The molecule has 0 spiro atoms. The zero-order valence-corrected chi connectivity index (χ0v) is 23.2. The van der Waals surface area contributed by atoms with Gasteiger partial charge in [-0.25, -0.2) is 4.79 Å². The SMILES string of the molecule is CCOC(=O)C(CCC(=O)n1cc(NC(=O)Nc2ccc(SC(F)(F)F)cc2)c2cc(Br)ccc21)N(C)C. The van der Waals surface area contributed by atoms with Crippen LogP contribution >= 0.6 is 27.7 Å². The van der Waals surface area contributed by atoms with Crippen molar-refractivity contribution >= 4 is 67.9 Å². The number of nitrogens with zero attached hydrogens (tertiary/aromatic N) is 2. The van der Waals surface area contributed by atoms with Crippen LogP contribution in [0, 0.1) is 0 Å². The molecule has 2 amide bonds. The first kappa shape index (κ1) is 29.5. The second-order valence-corrected chi connectivity index (χ2v) is 10.4. The summed E-state index contributed by atoms with van der Waals surface area (Å²) in [6, 6.07) is 9.26. The van der Waals surface area contributed by atoms with Gasteiger partial charge >= 0.3 is 17.5 Å². The molecular formula is C25H26BrF3N4O4S. The largest absolute Gasteiger partial charge is 0.465 e. The molecule has 2 N–H and O–H groups in total. The summed E-state index contributed by atoms with van der Waals surface area (Å²) in [5.74, 6) is -0.685. The highest BCUT2D eigenvalue weighted by Crippen LogP contribution is 2.37. The van der Waals surface area contributed by atoms with E-state index in [0.717, 1.165) is 4.47 Å². The quantitative estimate of drug-likeness (QED) is 0.209. The maximum Gasteiger partial charge on any atom is 0.446 e. The van der Waals surface area contributed by atoms with E-state index in [4.69, 9.17) is 4.74 Å². The number of amides is 2. The normalized spacial score (nSPS) is 12.4. The van der Waals surface area contributed by atoms with Crippen molar-refractivity contribution in [2.24, 2.45) is 0 Å². The van der Waals surface area contributed by atoms with Crippen LogP contribution in [0.5, 0.6) is 0 Å². The number of rotatable bonds is 9. The molecule has 3 aromatic rings. The highest BCUT2D eigenvalue weighted by Gasteiger charge is 2.29. The van der Waals surface area contributed by atoms with Gasteiger partial charge in [0.15, 0.2) is 0 Å². The number of aromatic nitrogens is 1. The van der Waals surface area contributed by atoms with Crippen LogP contribution in [-0.4, -0.2) is 59.6 Å². The average Bonchev–Trinajstić information content (AvgIpc) is 3.16. The summed E-state index contributed by atoms with van der Waals surface area (Å²) in [4.78, 5) is 39.7. The van der Waals surface area contributed by atoms with Gasteiger partial charge in [0, 0.05) is 33.1 Å². The van der Waals surface area contributed by atoms with Crippen molar-refractivity contribution < 1.29 is 32.3 Å². The van der Waals surface area contributed by atoms with Crippen molar-refractivity contribution in [2.45, 2.75) is 36.2 Å². The molecule has 13 heteroatoms. The monoisotopic (exact) mass is 614 g/mol. The van der Waals surface area contributed by atoms with Gasteiger partial charge in [0.1, 0.15) is 6.04 Å². The number of likely N-dealkylation sites (N-methyl/N-ethyl adjacent to an activating group) is 1. The highest BCUT2D eigenvalue weighted by atomic mass is 79.9. The first-order valence-electron chi connectivity index (χ1n) is 11.5. The number of carbonyl (C=O) groups excluding carboxylic acids is 3. The number of fused-ring (bicyclic) bond motifs is 1. The third kappa shape index (κ3) is 7.98. The summed E-state index contributed by atoms with van der Waals surface area (Å²) >= 11 is 3.15. The Labute approximate surface area is 230 Å². The van der Waals surface area contributed by atoms with Crippen LogP contribution in [0.1, 0.15) is 24.6 Å². The molecule has 1 aromatic heterocycles. The predicted octanol–water partition coefficient (Wildman–Crippen LogP) is 6.57. The Hall–Kier alpha value is -3.03. The molecule has 1 atom stereocenters. The van der Waals surface area contributed by atoms with E-state index in [9.17, 15) is 27.6 Å². The van der Waals surface area contributed by atoms with Gasteiger partial charge < -0.3 is 15.4 Å². The number of hydrogen-bond acceptors (Lipinski definition) is 6. The number of anilines is 2. The van der Waals surface area contributed by atoms with E-state index >= 15 is 0 Å². The lowest BCUT2D eigenvalue weighted by molar-refractivity contribution is -0.148. The van der Waals surface area contributed by atoms with Gasteiger partial charge in [-0.15, -0.1) is 0 Å². The standard InChI is InChI=1S/C25H26BrF3N4O4S/c1-4-37-23(35)21(32(2)3)11-12-22(34)33-14-19(18-13-15(26)5-10-20(18)33)31-24(36)30-16-6-8-17(9-7-16)38-25(27,28)29/h5-10,13-14,21H,4,11-12H2,1-3H3,(H2,30,31,36). The van der Waals surface area contributed by atoms with Gasteiger partial charge in [-0.05, 0) is 81.7 Å². The van der Waals surface area contributed by atoms with Crippen molar-refractivity contribution in [3.05, 3.63) is 53.1 Å². The van der Waals surface area contributed by atoms with Crippen LogP contribution in [0.4, 0.5) is 29.3 Å². The fourth-order valence-electron chi connectivity index (χ4n) is 3.74. The number of nitrogens with one attached hydrogen (secondary N) is 2. The number of ether oxygens (including phenoxy) is 1. The van der Waals surface area contributed by atoms with Gasteiger partial charge in [0.25, 0.3) is 0 Å². The summed E-state index contributed by atoms with van der Waals surface area (Å²) in [7, 11) is 3.47. The first-order valence-corrected chi connectivity index (χ1v) is 13.1. The van der Waals surface area contributed by atoms with Crippen LogP contribution in [0.15, 0.2) is 58.0 Å². The van der Waals surface area contributed by atoms with Crippen molar-refractivity contribution in [3.8, 4) is 0 Å². The molecule has 8 nitrogen and oxygen atoms in total. The zero-order chi connectivity index (χ0) is 28.0. The van der Waals surface area contributed by atoms with E-state index in [0.29, 0.717) is 22.3 Å². The summed E-state index contributed by atoms with van der Waals surface area (Å²) in [6.45, 7) is 1.95. The summed E-state index contributed by atoms with van der Waals surface area (Å²) in [5, 5.41) is 5.86. The molecule has 38 heavy (non-hydrogen) atoms. The van der Waals surface area contributed by atoms with Crippen LogP contribution < -0.4 is 10.6 Å². The molecule has 0 fully saturated rings. The summed E-state index contributed by atoms with van der Waals surface area (Å²) < 4.78 is 44.8. The molecule has 0 radical (unpaired) electrons. The van der Waals surface area contributed by atoms with Gasteiger partial charge in [0.05, 0.1) is 17.8 Å². The Bertz CT molecular complexity index is 1310. The van der Waals surface area contributed by atoms with E-state index in [1.54, 1.807) is 44.1 Å². The molecule has 0 saturated heterocycles. The van der Waals surface area contributed by atoms with Crippen LogP contribution in [0.3, 0.4) is 0 Å². The molecule has 0 aliphatic heterocycles. The molecular weight excluding hydrogens is 589 g/mol. The number of benzene rings is 2. The van der Waals surface area contributed by atoms with Crippen molar-refractivity contribution in [1.82, 2.24) is 9.47 Å². The number of esters is 1. The number of alkyl halides is 3. The Morgan fingerprint density at radius 1 is 1.11 bits per heavy atom. The molecule has 0 aliphatic carbocycles. The minimum atomic E-state index is -4.40. The van der Waals surface area contributed by atoms with Crippen LogP contribution in [0.25, 0.3) is 10.9 Å². The number of hydrogen-bond donors (Lipinski definition) is 2. The Morgan fingerprint density at radius 3 is 2.39 bits per heavy atom. The molecule has 0 aliphatic rings. The number of halogens is 4. The van der Waals surface area contributed by atoms with E-state index in [1.807, 2.05) is 0 Å². The van der Waals surface area contributed by atoms with Crippen molar-refractivity contribution in [3.63, 3.8) is 0 Å². The minimum Gasteiger partial charge on any atom is -0.465 e. The van der Waals surface area contributed by atoms with E-state index < -0.39 is 23.6 Å². The second kappa shape index (κ2) is 12.7. The maximum absolute atomic E-state index is 13.1. The number of carbonyl (C=O) groups is 3. The molecule has 3 rings (SSSR count). The van der Waals surface area contributed by atoms with E-state index in [1.165, 1.54) is 35.0 Å². The second-order valence-electron chi connectivity index (χ2n) is 8.39. The van der Waals surface area contributed by atoms with Crippen molar-refractivity contribution in [2.75, 3.05) is 31.3 Å². The lowest BCUT2D eigenvalue weighted by atomic mass is 10.1. The Kier molecular flexibility index (Phi) is 9.85. The third-order valence-electron chi connectivity index (χ3n) is 5.44. The lowest BCUT2D eigenvalue weighted by Crippen LogP contribution is -2.37. The van der Waals surface area contributed by atoms with Crippen LogP contribution in [-0.2, 0) is 9.53 Å². The highest BCUT2D eigenvalue weighted by molar-refractivity contribution is 9.10. The lowest BCUT2D eigenvalue weighted by Gasteiger charge is -2.22. The maximum atomic E-state index is 13.1. The van der Waals surface area contributed by atoms with Gasteiger partial charge in [-0.3, -0.25) is 19.1 Å². The van der Waals surface area contributed by atoms with Crippen molar-refractivity contribution in [1.29, 1.82) is 0 Å². The van der Waals surface area contributed by atoms with E-state index in [-0.39, 0.29) is 42.0 Å². The predicted molar refractivity (Wildman–Crippen MR) is 145 cm³/mol. The molecule has 0 saturated carbocycles. The topological polar surface area (TPSA) is 92.7 Å². The molecule has 204 valence electrons. The first-order chi connectivity index (χ1) is 17.9. The number of thioether (sulfide) groups is 1. The van der Waals surface area contributed by atoms with E-state index in [2.05, 4.69) is 26.6 Å². The smallest absolute Gasteiger partial charge is 0.446 e. The fourth-order valence-corrected chi connectivity index (χ4v) is 4.64. The van der Waals surface area contributed by atoms with Crippen LogP contribution in [0.2, 0.25) is 0 Å². The van der Waals surface area contributed by atoms with Gasteiger partial charge in [0.2, 0.25) is 5.91 Å². The van der Waals surface area contributed by atoms with Gasteiger partial charge in [-0.1, -0.05) is 15.9 Å².